The molecule has 0 saturated heterocycles. The lowest BCUT2D eigenvalue weighted by Crippen LogP contribution is -2.59. The zero-order valence-corrected chi connectivity index (χ0v) is 15.2. The number of hydrogen-bond acceptors (Lipinski definition) is 2. The van der Waals surface area contributed by atoms with Crippen molar-refractivity contribution in [2.24, 2.45) is 0 Å². The number of ether oxygens (including phenoxy) is 1. The second-order valence-corrected chi connectivity index (χ2v) is 7.62. The van der Waals surface area contributed by atoms with Gasteiger partial charge in [-0.15, -0.1) is 0 Å². The predicted molar refractivity (Wildman–Crippen MR) is 99.0 cm³/mol. The van der Waals surface area contributed by atoms with Gasteiger partial charge < -0.3 is 9.64 Å². The molecule has 4 rings (SSSR count). The molecular formula is C20H20BrNO. The summed E-state index contributed by atoms with van der Waals surface area (Å²) in [6.07, 6.45) is 4.42. The smallest absolute Gasteiger partial charge is 0.212 e. The minimum Gasteiger partial charge on any atom is -0.463 e. The molecule has 0 N–H and O–H groups in total. The second-order valence-electron chi connectivity index (χ2n) is 6.70. The van der Waals surface area contributed by atoms with E-state index in [1.807, 2.05) is 6.07 Å². The summed E-state index contributed by atoms with van der Waals surface area (Å²) in [5.74, 6) is 0.940. The van der Waals surface area contributed by atoms with Crippen molar-refractivity contribution in [1.82, 2.24) is 0 Å². The number of nitrogens with zero attached hydrogens (tertiary/aromatic N) is 1. The second kappa shape index (κ2) is 4.88. The topological polar surface area (TPSA) is 12.5 Å². The fourth-order valence-electron chi connectivity index (χ4n) is 3.98. The third kappa shape index (κ3) is 1.86. The fraction of sp³-hybridized carbons (Fsp3) is 0.300. The predicted octanol–water partition coefficient (Wildman–Crippen LogP) is 5.37. The van der Waals surface area contributed by atoms with Gasteiger partial charge in [-0.2, -0.15) is 0 Å². The maximum Gasteiger partial charge on any atom is 0.212 e. The number of para-hydroxylation sites is 1. The number of anilines is 1. The lowest BCUT2D eigenvalue weighted by molar-refractivity contribution is 0.0544. The number of benzene rings is 2. The Morgan fingerprint density at radius 1 is 1.13 bits per heavy atom. The molecule has 23 heavy (non-hydrogen) atoms. The van der Waals surface area contributed by atoms with E-state index < -0.39 is 5.72 Å². The molecule has 2 aliphatic rings. The average Bonchev–Trinajstić information content (AvgIpc) is 2.72. The van der Waals surface area contributed by atoms with E-state index in [1.54, 1.807) is 0 Å². The third-order valence-corrected chi connectivity index (χ3v) is 5.70. The van der Waals surface area contributed by atoms with Crippen molar-refractivity contribution >= 4 is 27.7 Å². The van der Waals surface area contributed by atoms with Gasteiger partial charge >= 0.3 is 0 Å². The van der Waals surface area contributed by atoms with Crippen molar-refractivity contribution in [3.05, 3.63) is 64.1 Å². The fourth-order valence-corrected chi connectivity index (χ4v) is 4.36. The van der Waals surface area contributed by atoms with Crippen molar-refractivity contribution in [3.63, 3.8) is 0 Å². The highest BCUT2D eigenvalue weighted by atomic mass is 79.9. The van der Waals surface area contributed by atoms with Crippen LogP contribution >= 0.6 is 15.9 Å². The van der Waals surface area contributed by atoms with E-state index in [0.717, 1.165) is 22.3 Å². The lowest BCUT2D eigenvalue weighted by atomic mass is 9.76. The van der Waals surface area contributed by atoms with Crippen LogP contribution in [0.15, 0.2) is 53.0 Å². The number of likely N-dealkylation sites (N-methyl/N-ethyl adjacent to an activating group) is 1. The van der Waals surface area contributed by atoms with Crippen LogP contribution in [0.5, 0.6) is 5.75 Å². The zero-order chi connectivity index (χ0) is 16.2. The van der Waals surface area contributed by atoms with Crippen LogP contribution < -0.4 is 9.64 Å². The Labute approximate surface area is 145 Å². The van der Waals surface area contributed by atoms with Crippen LogP contribution in [0.25, 0.3) is 6.08 Å². The van der Waals surface area contributed by atoms with Crippen LogP contribution in [-0.4, -0.2) is 12.3 Å². The van der Waals surface area contributed by atoms with Crippen LogP contribution in [0.2, 0.25) is 0 Å². The molecule has 2 heterocycles. The Balaban J connectivity index is 1.91. The van der Waals surface area contributed by atoms with Gasteiger partial charge in [0.1, 0.15) is 5.75 Å². The first-order valence-corrected chi connectivity index (χ1v) is 8.84. The van der Waals surface area contributed by atoms with E-state index in [1.165, 1.54) is 11.3 Å². The molecule has 3 heteroatoms. The van der Waals surface area contributed by atoms with Crippen LogP contribution in [0.4, 0.5) is 5.69 Å². The Bertz CT molecular complexity index is 811. The summed E-state index contributed by atoms with van der Waals surface area (Å²) in [4.78, 5) is 2.38. The number of fused-ring (bicyclic) bond motifs is 2. The van der Waals surface area contributed by atoms with Gasteiger partial charge in [0.2, 0.25) is 5.72 Å². The Kier molecular flexibility index (Phi) is 3.14. The number of halogens is 1. The van der Waals surface area contributed by atoms with Gasteiger partial charge in [0.25, 0.3) is 0 Å². The maximum atomic E-state index is 6.65. The quantitative estimate of drug-likeness (QED) is 0.669. The molecule has 0 aliphatic carbocycles. The number of rotatable bonds is 1. The van der Waals surface area contributed by atoms with Gasteiger partial charge in [-0.1, -0.05) is 34.1 Å². The number of hydrogen-bond donors (Lipinski definition) is 0. The van der Waals surface area contributed by atoms with Gasteiger partial charge in [-0.25, -0.2) is 0 Å². The van der Waals surface area contributed by atoms with Gasteiger partial charge in [0.05, 0.1) is 5.41 Å². The van der Waals surface area contributed by atoms with E-state index in [2.05, 4.69) is 90.2 Å². The molecule has 2 aromatic rings. The summed E-state index contributed by atoms with van der Waals surface area (Å²) < 4.78 is 7.73. The lowest BCUT2D eigenvalue weighted by Gasteiger charge is -2.47. The first-order chi connectivity index (χ1) is 11.0. The summed E-state index contributed by atoms with van der Waals surface area (Å²) in [6, 6.07) is 14.8. The molecule has 0 bridgehead atoms. The molecule has 1 spiro atoms. The van der Waals surface area contributed by atoms with Gasteiger partial charge in [-0.3, -0.25) is 0 Å². The molecule has 1 unspecified atom stereocenters. The SMILES string of the molecule is CCN1c2ccccc2C(C)(C)C12C=Cc1cc(Br)ccc1O2. The monoisotopic (exact) mass is 369 g/mol. The molecule has 0 saturated carbocycles. The molecule has 2 nitrogen and oxygen atoms in total. The standard InChI is InChI=1S/C20H20BrNO/c1-4-22-17-8-6-5-7-16(17)19(2,3)20(22)12-11-14-13-15(21)9-10-18(14)23-20/h5-13H,4H2,1-3H3. The first-order valence-electron chi connectivity index (χ1n) is 8.04. The molecule has 1 atom stereocenters. The molecule has 0 radical (unpaired) electrons. The van der Waals surface area contributed by atoms with Crippen molar-refractivity contribution in [2.75, 3.05) is 11.4 Å². The van der Waals surface area contributed by atoms with Crippen LogP contribution in [0.1, 0.15) is 31.9 Å². The molecular weight excluding hydrogens is 350 g/mol. The summed E-state index contributed by atoms with van der Waals surface area (Å²) >= 11 is 3.54. The highest BCUT2D eigenvalue weighted by Gasteiger charge is 2.58. The molecule has 118 valence electrons. The van der Waals surface area contributed by atoms with Crippen LogP contribution in [-0.2, 0) is 5.41 Å². The van der Waals surface area contributed by atoms with Crippen molar-refractivity contribution in [2.45, 2.75) is 31.9 Å². The van der Waals surface area contributed by atoms with Crippen molar-refractivity contribution in [3.8, 4) is 5.75 Å². The minimum atomic E-state index is -0.480. The van der Waals surface area contributed by atoms with Crippen LogP contribution in [0, 0.1) is 0 Å². The maximum absolute atomic E-state index is 6.65. The molecule has 0 aromatic heterocycles. The molecule has 0 amide bonds. The highest BCUT2D eigenvalue weighted by Crippen LogP contribution is 2.54. The highest BCUT2D eigenvalue weighted by molar-refractivity contribution is 9.10. The molecule has 2 aromatic carbocycles. The van der Waals surface area contributed by atoms with Gasteiger partial charge in [0.15, 0.2) is 0 Å². The molecule has 2 aliphatic heterocycles. The average molecular weight is 370 g/mol. The van der Waals surface area contributed by atoms with E-state index in [0.29, 0.717) is 0 Å². The Morgan fingerprint density at radius 3 is 2.70 bits per heavy atom. The summed E-state index contributed by atoms with van der Waals surface area (Å²) in [7, 11) is 0. The summed E-state index contributed by atoms with van der Waals surface area (Å²) in [5.41, 5.74) is 3.11. The molecule has 0 fully saturated rings. The minimum absolute atomic E-state index is 0.138. The van der Waals surface area contributed by atoms with Gasteiger partial charge in [0, 0.05) is 22.3 Å². The third-order valence-electron chi connectivity index (χ3n) is 5.21. The van der Waals surface area contributed by atoms with E-state index in [9.17, 15) is 0 Å². The van der Waals surface area contributed by atoms with E-state index in [-0.39, 0.29) is 5.41 Å². The van der Waals surface area contributed by atoms with Crippen molar-refractivity contribution in [1.29, 1.82) is 0 Å². The zero-order valence-electron chi connectivity index (χ0n) is 13.6. The van der Waals surface area contributed by atoms with Crippen molar-refractivity contribution < 1.29 is 4.74 Å². The summed E-state index contributed by atoms with van der Waals surface area (Å²) in [5, 5.41) is 0. The van der Waals surface area contributed by atoms with Crippen LogP contribution in [0.3, 0.4) is 0 Å². The van der Waals surface area contributed by atoms with E-state index >= 15 is 0 Å². The Morgan fingerprint density at radius 2 is 1.91 bits per heavy atom. The Hall–Kier alpha value is -1.74. The van der Waals surface area contributed by atoms with E-state index in [4.69, 9.17) is 4.74 Å². The first kappa shape index (κ1) is 14.8. The van der Waals surface area contributed by atoms with Gasteiger partial charge in [-0.05, 0) is 62.8 Å². The largest absolute Gasteiger partial charge is 0.463 e. The summed E-state index contributed by atoms with van der Waals surface area (Å²) in [6.45, 7) is 7.64. The normalized spacial score (nSPS) is 23.6.